The van der Waals surface area contributed by atoms with E-state index in [1.54, 1.807) is 17.3 Å². The van der Waals surface area contributed by atoms with E-state index in [0.29, 0.717) is 24.8 Å². The molecular weight excluding hydrogens is 320 g/mol. The lowest BCUT2D eigenvalue weighted by molar-refractivity contribution is 0.0280. The van der Waals surface area contributed by atoms with Crippen LogP contribution in [0.15, 0.2) is 29.0 Å². The first-order valence-electron chi connectivity index (χ1n) is 8.55. The number of hydrogen-bond donors (Lipinski definition) is 0. The fourth-order valence-electron chi connectivity index (χ4n) is 3.03. The summed E-state index contributed by atoms with van der Waals surface area (Å²) in [6, 6.07) is 3.68. The number of aromatic nitrogens is 3. The summed E-state index contributed by atoms with van der Waals surface area (Å²) in [5.41, 5.74) is 0.0289. The van der Waals surface area contributed by atoms with Gasteiger partial charge in [-0.1, -0.05) is 12.1 Å². The van der Waals surface area contributed by atoms with Gasteiger partial charge in [0, 0.05) is 31.0 Å². The standard InChI is InChI=1S/C18H24N4O3/c1-5-18(8-11-22(12-18)16(23)24-17(2,3)4)15-20-14(21-25-15)13-6-9-19-10-7-13/h6-7,9-10H,5,8,11-12H2,1-4H3/t18-/m1/s1. The first-order chi connectivity index (χ1) is 11.8. The van der Waals surface area contributed by atoms with Gasteiger partial charge in [0.25, 0.3) is 0 Å². The van der Waals surface area contributed by atoms with E-state index in [0.717, 1.165) is 18.4 Å². The molecule has 0 N–H and O–H groups in total. The summed E-state index contributed by atoms with van der Waals surface area (Å²) >= 11 is 0. The molecule has 3 rings (SSSR count). The largest absolute Gasteiger partial charge is 0.444 e. The Balaban J connectivity index is 1.79. The van der Waals surface area contributed by atoms with Crippen molar-refractivity contribution in [2.24, 2.45) is 0 Å². The number of likely N-dealkylation sites (tertiary alicyclic amines) is 1. The van der Waals surface area contributed by atoms with Gasteiger partial charge >= 0.3 is 6.09 Å². The van der Waals surface area contributed by atoms with Crippen LogP contribution >= 0.6 is 0 Å². The van der Waals surface area contributed by atoms with Crippen molar-refractivity contribution >= 4 is 6.09 Å². The van der Waals surface area contributed by atoms with Gasteiger partial charge in [-0.15, -0.1) is 0 Å². The Kier molecular flexibility index (Phi) is 4.49. The maximum absolute atomic E-state index is 12.4. The summed E-state index contributed by atoms with van der Waals surface area (Å²) in [6.45, 7) is 8.83. The minimum atomic E-state index is -0.506. The molecule has 2 aromatic rings. The predicted octanol–water partition coefficient (Wildman–Crippen LogP) is 3.42. The number of carbonyl (C=O) groups excluding carboxylic acids is 1. The molecule has 0 aliphatic carbocycles. The Labute approximate surface area is 147 Å². The van der Waals surface area contributed by atoms with Crippen LogP contribution in [-0.2, 0) is 10.2 Å². The van der Waals surface area contributed by atoms with Crippen molar-refractivity contribution in [3.8, 4) is 11.4 Å². The Morgan fingerprint density at radius 2 is 2.08 bits per heavy atom. The Bertz CT molecular complexity index is 738. The molecule has 1 saturated heterocycles. The summed E-state index contributed by atoms with van der Waals surface area (Å²) in [4.78, 5) is 22.7. The van der Waals surface area contributed by atoms with Gasteiger partial charge in [-0.25, -0.2) is 4.79 Å². The highest BCUT2D eigenvalue weighted by molar-refractivity contribution is 5.69. The molecule has 2 aromatic heterocycles. The summed E-state index contributed by atoms with van der Waals surface area (Å²) in [5, 5.41) is 4.10. The predicted molar refractivity (Wildman–Crippen MR) is 91.9 cm³/mol. The quantitative estimate of drug-likeness (QED) is 0.848. The van der Waals surface area contributed by atoms with Crippen LogP contribution in [0.4, 0.5) is 4.79 Å². The number of ether oxygens (including phenoxy) is 1. The van der Waals surface area contributed by atoms with Gasteiger partial charge in [-0.3, -0.25) is 4.98 Å². The lowest BCUT2D eigenvalue weighted by Crippen LogP contribution is -2.38. The second-order valence-corrected chi connectivity index (χ2v) is 7.44. The second kappa shape index (κ2) is 6.46. The monoisotopic (exact) mass is 344 g/mol. The molecular formula is C18H24N4O3. The number of rotatable bonds is 3. The molecule has 0 aromatic carbocycles. The number of amides is 1. The SMILES string of the molecule is CC[C@@]1(c2nc(-c3ccncc3)no2)CCN(C(=O)OC(C)(C)C)C1. The van der Waals surface area contributed by atoms with E-state index >= 15 is 0 Å². The average Bonchev–Trinajstić information content (AvgIpc) is 3.22. The molecule has 0 spiro atoms. The van der Waals surface area contributed by atoms with E-state index in [9.17, 15) is 4.79 Å². The van der Waals surface area contributed by atoms with Crippen LogP contribution in [-0.4, -0.2) is 44.8 Å². The van der Waals surface area contributed by atoms with Crippen molar-refractivity contribution in [1.82, 2.24) is 20.0 Å². The second-order valence-electron chi connectivity index (χ2n) is 7.44. The van der Waals surface area contributed by atoms with Crippen LogP contribution in [0.1, 0.15) is 46.4 Å². The van der Waals surface area contributed by atoms with Crippen molar-refractivity contribution < 1.29 is 14.1 Å². The molecule has 3 heterocycles. The van der Waals surface area contributed by atoms with Gasteiger partial charge in [0.15, 0.2) is 0 Å². The highest BCUT2D eigenvalue weighted by atomic mass is 16.6. The fourth-order valence-corrected chi connectivity index (χ4v) is 3.03. The number of pyridine rings is 1. The number of hydrogen-bond acceptors (Lipinski definition) is 6. The fraction of sp³-hybridized carbons (Fsp3) is 0.556. The third-order valence-corrected chi connectivity index (χ3v) is 4.50. The van der Waals surface area contributed by atoms with Crippen molar-refractivity contribution in [1.29, 1.82) is 0 Å². The highest BCUT2D eigenvalue weighted by Gasteiger charge is 2.45. The Hall–Kier alpha value is -2.44. The molecule has 0 bridgehead atoms. The van der Waals surface area contributed by atoms with E-state index in [1.807, 2.05) is 32.9 Å². The minimum absolute atomic E-state index is 0.295. The molecule has 134 valence electrons. The van der Waals surface area contributed by atoms with Crippen molar-refractivity contribution in [2.75, 3.05) is 13.1 Å². The van der Waals surface area contributed by atoms with E-state index < -0.39 is 5.60 Å². The summed E-state index contributed by atoms with van der Waals surface area (Å²) < 4.78 is 11.0. The van der Waals surface area contributed by atoms with Crippen LogP contribution < -0.4 is 0 Å². The van der Waals surface area contributed by atoms with Crippen molar-refractivity contribution in [3.05, 3.63) is 30.4 Å². The number of nitrogens with zero attached hydrogens (tertiary/aromatic N) is 4. The molecule has 25 heavy (non-hydrogen) atoms. The maximum Gasteiger partial charge on any atom is 0.410 e. The lowest BCUT2D eigenvalue weighted by atomic mass is 9.84. The van der Waals surface area contributed by atoms with Crippen molar-refractivity contribution in [3.63, 3.8) is 0 Å². The zero-order valence-corrected chi connectivity index (χ0v) is 15.2. The van der Waals surface area contributed by atoms with Crippen LogP contribution in [0.2, 0.25) is 0 Å². The first-order valence-corrected chi connectivity index (χ1v) is 8.55. The molecule has 0 radical (unpaired) electrons. The lowest BCUT2D eigenvalue weighted by Gasteiger charge is -2.26. The molecule has 0 saturated carbocycles. The number of carbonyl (C=O) groups is 1. The minimum Gasteiger partial charge on any atom is -0.444 e. The van der Waals surface area contributed by atoms with Crippen LogP contribution in [0.3, 0.4) is 0 Å². The van der Waals surface area contributed by atoms with Crippen molar-refractivity contribution in [2.45, 2.75) is 51.6 Å². The molecule has 1 aliphatic heterocycles. The van der Waals surface area contributed by atoms with Crippen LogP contribution in [0, 0.1) is 0 Å². The smallest absolute Gasteiger partial charge is 0.410 e. The molecule has 1 aliphatic rings. The van der Waals surface area contributed by atoms with E-state index in [4.69, 9.17) is 9.26 Å². The van der Waals surface area contributed by atoms with Crippen LogP contribution in [0.5, 0.6) is 0 Å². The highest BCUT2D eigenvalue weighted by Crippen LogP contribution is 2.38. The van der Waals surface area contributed by atoms with E-state index in [1.165, 1.54) is 0 Å². The summed E-state index contributed by atoms with van der Waals surface area (Å²) in [7, 11) is 0. The van der Waals surface area contributed by atoms with Gasteiger partial charge < -0.3 is 14.2 Å². The first kappa shape index (κ1) is 17.4. The Morgan fingerprint density at radius 3 is 2.72 bits per heavy atom. The van der Waals surface area contributed by atoms with E-state index in [-0.39, 0.29) is 11.5 Å². The van der Waals surface area contributed by atoms with Gasteiger partial charge in [0.2, 0.25) is 11.7 Å². The van der Waals surface area contributed by atoms with E-state index in [2.05, 4.69) is 22.0 Å². The van der Waals surface area contributed by atoms with Gasteiger partial charge in [0.1, 0.15) is 5.60 Å². The summed E-state index contributed by atoms with van der Waals surface area (Å²) in [6.07, 6.45) is 4.68. The zero-order valence-electron chi connectivity index (χ0n) is 15.2. The molecule has 7 nitrogen and oxygen atoms in total. The average molecular weight is 344 g/mol. The molecule has 7 heteroatoms. The Morgan fingerprint density at radius 1 is 1.36 bits per heavy atom. The van der Waals surface area contributed by atoms with Gasteiger partial charge in [0.05, 0.1) is 5.41 Å². The molecule has 1 atom stereocenters. The van der Waals surface area contributed by atoms with Gasteiger partial charge in [-0.2, -0.15) is 4.98 Å². The topological polar surface area (TPSA) is 81.4 Å². The maximum atomic E-state index is 12.4. The molecule has 0 unspecified atom stereocenters. The molecule has 1 fully saturated rings. The molecule has 1 amide bonds. The third-order valence-electron chi connectivity index (χ3n) is 4.50. The van der Waals surface area contributed by atoms with Gasteiger partial charge in [-0.05, 0) is 45.7 Å². The summed E-state index contributed by atoms with van der Waals surface area (Å²) in [5.74, 6) is 1.12. The normalized spacial score (nSPS) is 20.7. The van der Waals surface area contributed by atoms with Crippen LogP contribution in [0.25, 0.3) is 11.4 Å². The zero-order chi connectivity index (χ0) is 18.1. The third kappa shape index (κ3) is 3.65.